The Hall–Kier alpha value is -1.58. The first-order valence-corrected chi connectivity index (χ1v) is 8.38. The van der Waals surface area contributed by atoms with Crippen LogP contribution in [0.1, 0.15) is 58.7 Å². The second-order valence-corrected chi connectivity index (χ2v) is 7.09. The van der Waals surface area contributed by atoms with Crippen molar-refractivity contribution in [2.45, 2.75) is 59.3 Å². The molecule has 2 rings (SSSR count). The number of aromatic amines is 1. The van der Waals surface area contributed by atoms with Crippen LogP contribution in [0.25, 0.3) is 0 Å². The van der Waals surface area contributed by atoms with Crippen molar-refractivity contribution in [2.75, 3.05) is 13.1 Å². The quantitative estimate of drug-likeness (QED) is 0.780. The van der Waals surface area contributed by atoms with Crippen LogP contribution in [0.5, 0.6) is 0 Å². The van der Waals surface area contributed by atoms with Crippen LogP contribution in [0.2, 0.25) is 0 Å². The van der Waals surface area contributed by atoms with Gasteiger partial charge in [-0.25, -0.2) is 4.98 Å². The van der Waals surface area contributed by atoms with Gasteiger partial charge in [0.05, 0.1) is 0 Å². The van der Waals surface area contributed by atoms with E-state index < -0.39 is 0 Å². The lowest BCUT2D eigenvalue weighted by Gasteiger charge is -2.40. The minimum atomic E-state index is 0.268. The second-order valence-electron chi connectivity index (χ2n) is 7.09. The molecule has 1 amide bonds. The van der Waals surface area contributed by atoms with Gasteiger partial charge in [0, 0.05) is 38.3 Å². The molecule has 4 nitrogen and oxygen atoms in total. The van der Waals surface area contributed by atoms with Crippen LogP contribution >= 0.6 is 0 Å². The van der Waals surface area contributed by atoms with Crippen molar-refractivity contribution < 1.29 is 4.79 Å². The van der Waals surface area contributed by atoms with Crippen LogP contribution in [-0.4, -0.2) is 33.9 Å². The molecule has 0 spiro atoms. The maximum Gasteiger partial charge on any atom is 0.222 e. The average molecular weight is 303 g/mol. The first kappa shape index (κ1) is 16.8. The Morgan fingerprint density at radius 3 is 3.00 bits per heavy atom. The first-order chi connectivity index (χ1) is 10.5. The molecule has 1 N–H and O–H groups in total. The van der Waals surface area contributed by atoms with Crippen LogP contribution in [0.4, 0.5) is 0 Å². The number of allylic oxidation sites excluding steroid dienone is 2. The number of hydrogen-bond acceptors (Lipinski definition) is 2. The molecule has 0 radical (unpaired) electrons. The Bertz CT molecular complexity index is 502. The molecule has 1 aliphatic rings. The van der Waals surface area contributed by atoms with Crippen molar-refractivity contribution >= 4 is 5.91 Å². The van der Waals surface area contributed by atoms with Gasteiger partial charge in [-0.1, -0.05) is 18.6 Å². The Morgan fingerprint density at radius 1 is 1.50 bits per heavy atom. The summed E-state index contributed by atoms with van der Waals surface area (Å²) in [6.45, 7) is 8.37. The molecule has 1 fully saturated rings. The van der Waals surface area contributed by atoms with Gasteiger partial charge in [0.2, 0.25) is 5.91 Å². The van der Waals surface area contributed by atoms with Gasteiger partial charge in [-0.05, 0) is 44.9 Å². The maximum atomic E-state index is 12.1. The second kappa shape index (κ2) is 7.61. The van der Waals surface area contributed by atoms with Crippen LogP contribution in [0.15, 0.2) is 24.0 Å². The van der Waals surface area contributed by atoms with E-state index in [-0.39, 0.29) is 5.41 Å². The van der Waals surface area contributed by atoms with Crippen LogP contribution < -0.4 is 0 Å². The number of nitrogens with zero attached hydrogens (tertiary/aromatic N) is 2. The third-order valence-corrected chi connectivity index (χ3v) is 4.56. The summed E-state index contributed by atoms with van der Waals surface area (Å²) in [6.07, 6.45) is 11.8. The van der Waals surface area contributed by atoms with Gasteiger partial charge in [-0.2, -0.15) is 0 Å². The standard InChI is InChI=1S/C18H29N3O/c1-15(2)6-4-9-18(3)10-8-17(22)21(14-18)13-5-7-16-19-11-12-20-16/h6,11-12H,4-5,7-10,13-14H2,1-3H3,(H,19,20). The molecule has 0 bridgehead atoms. The van der Waals surface area contributed by atoms with E-state index in [4.69, 9.17) is 0 Å². The first-order valence-electron chi connectivity index (χ1n) is 8.38. The Labute approximate surface area is 134 Å². The topological polar surface area (TPSA) is 49.0 Å². The van der Waals surface area contributed by atoms with E-state index in [1.165, 1.54) is 12.0 Å². The Morgan fingerprint density at radius 2 is 2.32 bits per heavy atom. The number of rotatable bonds is 7. The number of aromatic nitrogens is 2. The molecule has 1 unspecified atom stereocenters. The van der Waals surface area contributed by atoms with Gasteiger partial charge >= 0.3 is 0 Å². The van der Waals surface area contributed by atoms with E-state index in [2.05, 4.69) is 41.7 Å². The van der Waals surface area contributed by atoms with Crippen LogP contribution in [-0.2, 0) is 11.2 Å². The van der Waals surface area contributed by atoms with E-state index >= 15 is 0 Å². The molecule has 1 saturated heterocycles. The summed E-state index contributed by atoms with van der Waals surface area (Å²) in [5.74, 6) is 1.33. The molecule has 1 aromatic heterocycles. The van der Waals surface area contributed by atoms with Crippen molar-refractivity contribution in [1.82, 2.24) is 14.9 Å². The SMILES string of the molecule is CC(C)=CCCC1(C)CCC(=O)N(CCCc2ncc[nH]2)C1. The zero-order valence-electron chi connectivity index (χ0n) is 14.2. The fraction of sp³-hybridized carbons (Fsp3) is 0.667. The summed E-state index contributed by atoms with van der Waals surface area (Å²) >= 11 is 0. The number of imidazole rings is 1. The van der Waals surface area contributed by atoms with Crippen molar-refractivity contribution in [1.29, 1.82) is 0 Å². The summed E-state index contributed by atoms with van der Waals surface area (Å²) in [5, 5.41) is 0. The molecule has 0 aliphatic carbocycles. The van der Waals surface area contributed by atoms with E-state index in [9.17, 15) is 4.79 Å². The lowest BCUT2D eigenvalue weighted by molar-refractivity contribution is -0.137. The van der Waals surface area contributed by atoms with Crippen molar-refractivity contribution in [3.63, 3.8) is 0 Å². The number of aryl methyl sites for hydroxylation is 1. The highest BCUT2D eigenvalue weighted by Gasteiger charge is 2.33. The van der Waals surface area contributed by atoms with E-state index in [0.717, 1.165) is 44.6 Å². The average Bonchev–Trinajstić information content (AvgIpc) is 2.96. The van der Waals surface area contributed by atoms with Crippen molar-refractivity contribution in [3.05, 3.63) is 29.9 Å². The molecule has 1 aliphatic heterocycles. The van der Waals surface area contributed by atoms with Gasteiger partial charge in [0.15, 0.2) is 0 Å². The van der Waals surface area contributed by atoms with Crippen LogP contribution in [0, 0.1) is 5.41 Å². The molecule has 4 heteroatoms. The lowest BCUT2D eigenvalue weighted by atomic mass is 9.77. The number of amides is 1. The smallest absolute Gasteiger partial charge is 0.222 e. The normalized spacial score (nSPS) is 22.0. The molecule has 2 heterocycles. The summed E-state index contributed by atoms with van der Waals surface area (Å²) < 4.78 is 0. The van der Waals surface area contributed by atoms with Gasteiger partial charge in [0.1, 0.15) is 5.82 Å². The minimum Gasteiger partial charge on any atom is -0.349 e. The molecule has 22 heavy (non-hydrogen) atoms. The summed E-state index contributed by atoms with van der Waals surface area (Å²) in [5.41, 5.74) is 1.65. The lowest BCUT2D eigenvalue weighted by Crippen LogP contribution is -2.45. The third-order valence-electron chi connectivity index (χ3n) is 4.56. The zero-order valence-corrected chi connectivity index (χ0v) is 14.2. The molecule has 0 saturated carbocycles. The Balaban J connectivity index is 1.81. The Kier molecular flexibility index (Phi) is 5.81. The van der Waals surface area contributed by atoms with Gasteiger partial charge in [-0.3, -0.25) is 4.79 Å². The van der Waals surface area contributed by atoms with E-state index in [1.54, 1.807) is 6.20 Å². The number of piperidine rings is 1. The molecule has 1 atom stereocenters. The number of carbonyl (C=O) groups excluding carboxylic acids is 1. The number of nitrogens with one attached hydrogen (secondary N) is 1. The van der Waals surface area contributed by atoms with Crippen molar-refractivity contribution in [3.8, 4) is 0 Å². The van der Waals surface area contributed by atoms with Gasteiger partial charge in [-0.15, -0.1) is 0 Å². The predicted octanol–water partition coefficient (Wildman–Crippen LogP) is 3.72. The number of likely N-dealkylation sites (tertiary alicyclic amines) is 1. The number of carbonyl (C=O) groups is 1. The fourth-order valence-corrected chi connectivity index (χ4v) is 3.18. The van der Waals surface area contributed by atoms with Crippen LogP contribution in [0.3, 0.4) is 0 Å². The van der Waals surface area contributed by atoms with Crippen molar-refractivity contribution in [2.24, 2.45) is 5.41 Å². The molecule has 1 aromatic rings. The maximum absolute atomic E-state index is 12.1. The monoisotopic (exact) mass is 303 g/mol. The fourth-order valence-electron chi connectivity index (χ4n) is 3.18. The predicted molar refractivity (Wildman–Crippen MR) is 89.5 cm³/mol. The number of hydrogen-bond donors (Lipinski definition) is 1. The summed E-state index contributed by atoms with van der Waals surface area (Å²) in [7, 11) is 0. The largest absolute Gasteiger partial charge is 0.349 e. The molecular formula is C18H29N3O. The number of H-pyrrole nitrogens is 1. The zero-order chi connectivity index (χ0) is 16.0. The molecule has 122 valence electrons. The molecular weight excluding hydrogens is 274 g/mol. The van der Waals surface area contributed by atoms with E-state index in [1.807, 2.05) is 6.20 Å². The summed E-state index contributed by atoms with van der Waals surface area (Å²) in [4.78, 5) is 21.6. The highest BCUT2D eigenvalue weighted by molar-refractivity contribution is 5.77. The highest BCUT2D eigenvalue weighted by atomic mass is 16.2. The summed E-state index contributed by atoms with van der Waals surface area (Å²) in [6, 6.07) is 0. The highest BCUT2D eigenvalue weighted by Crippen LogP contribution is 2.35. The molecule has 0 aromatic carbocycles. The third kappa shape index (κ3) is 5.00. The van der Waals surface area contributed by atoms with Gasteiger partial charge in [0.25, 0.3) is 0 Å². The minimum absolute atomic E-state index is 0.268. The van der Waals surface area contributed by atoms with E-state index in [0.29, 0.717) is 12.3 Å². The van der Waals surface area contributed by atoms with Gasteiger partial charge < -0.3 is 9.88 Å².